The van der Waals surface area contributed by atoms with E-state index in [1.54, 1.807) is 6.07 Å². The summed E-state index contributed by atoms with van der Waals surface area (Å²) in [5.41, 5.74) is 2.49. The van der Waals surface area contributed by atoms with Crippen LogP contribution in [0.2, 0.25) is 0 Å². The standard InChI is InChI=1S/C25H31N7O4/c1-18-2-3-19-16-20(4-5-21(19)26-18)27-25(33)29-22-17-23(36-15-8-31-6-11-34-12-7-31)30-24(28-22)32-9-13-35-14-10-32/h2-5,16-17H,6-15H2,1H3,(H2,27,28,29,30,33). The Kier molecular flexibility index (Phi) is 7.70. The smallest absolute Gasteiger partial charge is 0.324 e. The quantitative estimate of drug-likeness (QED) is 0.512. The summed E-state index contributed by atoms with van der Waals surface area (Å²) in [4.78, 5) is 30.8. The van der Waals surface area contributed by atoms with Crippen LogP contribution in [0, 0.1) is 6.92 Å². The second-order valence-electron chi connectivity index (χ2n) is 8.73. The van der Waals surface area contributed by atoms with Gasteiger partial charge in [0.2, 0.25) is 11.8 Å². The molecule has 0 aliphatic carbocycles. The molecule has 0 saturated carbocycles. The van der Waals surface area contributed by atoms with Crippen LogP contribution < -0.4 is 20.3 Å². The normalized spacial score (nSPS) is 16.6. The molecular formula is C25H31N7O4. The number of hydrogen-bond acceptors (Lipinski definition) is 9. The number of rotatable bonds is 7. The molecule has 0 radical (unpaired) electrons. The van der Waals surface area contributed by atoms with E-state index in [0.717, 1.165) is 49.4 Å². The van der Waals surface area contributed by atoms with Crippen molar-refractivity contribution in [1.82, 2.24) is 19.9 Å². The minimum absolute atomic E-state index is 0.364. The van der Waals surface area contributed by atoms with Gasteiger partial charge < -0.3 is 24.4 Å². The molecule has 36 heavy (non-hydrogen) atoms. The third-order valence-corrected chi connectivity index (χ3v) is 6.07. The molecule has 2 amide bonds. The molecule has 2 aliphatic heterocycles. The number of carbonyl (C=O) groups is 1. The predicted molar refractivity (Wildman–Crippen MR) is 137 cm³/mol. The number of fused-ring (bicyclic) bond motifs is 1. The molecule has 1 aromatic carbocycles. The number of benzene rings is 1. The van der Waals surface area contributed by atoms with E-state index in [-0.39, 0.29) is 0 Å². The summed E-state index contributed by atoms with van der Waals surface area (Å²) in [6.45, 7) is 9.03. The molecule has 3 aromatic rings. The van der Waals surface area contributed by atoms with E-state index in [9.17, 15) is 4.79 Å². The number of aryl methyl sites for hydroxylation is 1. The number of amides is 2. The number of urea groups is 1. The SMILES string of the molecule is Cc1ccc2cc(NC(=O)Nc3cc(OCCN4CCOCC4)nc(N4CCOCC4)n3)ccc2n1. The van der Waals surface area contributed by atoms with Crippen molar-refractivity contribution in [2.24, 2.45) is 0 Å². The van der Waals surface area contributed by atoms with Crippen molar-refractivity contribution >= 4 is 34.4 Å². The maximum atomic E-state index is 12.8. The van der Waals surface area contributed by atoms with E-state index in [0.29, 0.717) is 56.2 Å². The number of hydrogen-bond donors (Lipinski definition) is 2. The highest BCUT2D eigenvalue weighted by Gasteiger charge is 2.18. The van der Waals surface area contributed by atoms with Crippen LogP contribution in [0.5, 0.6) is 5.88 Å². The minimum atomic E-state index is -0.402. The van der Waals surface area contributed by atoms with Crippen molar-refractivity contribution in [3.63, 3.8) is 0 Å². The van der Waals surface area contributed by atoms with Crippen LogP contribution in [0.15, 0.2) is 36.4 Å². The van der Waals surface area contributed by atoms with Crippen molar-refractivity contribution in [3.8, 4) is 5.88 Å². The van der Waals surface area contributed by atoms with E-state index in [4.69, 9.17) is 14.2 Å². The van der Waals surface area contributed by atoms with E-state index in [1.165, 1.54) is 0 Å². The predicted octanol–water partition coefficient (Wildman–Crippen LogP) is 2.52. The molecule has 4 heterocycles. The Morgan fingerprint density at radius 3 is 2.53 bits per heavy atom. The van der Waals surface area contributed by atoms with Gasteiger partial charge >= 0.3 is 6.03 Å². The maximum absolute atomic E-state index is 12.8. The van der Waals surface area contributed by atoms with Crippen molar-refractivity contribution in [1.29, 1.82) is 0 Å². The summed E-state index contributed by atoms with van der Waals surface area (Å²) in [6, 6.07) is 10.8. The zero-order chi connectivity index (χ0) is 24.7. The number of aromatic nitrogens is 3. The number of morpholine rings is 2. The molecule has 0 bridgehead atoms. The molecule has 11 heteroatoms. The Bertz CT molecular complexity index is 1200. The molecule has 2 N–H and O–H groups in total. The second kappa shape index (κ2) is 11.5. The van der Waals surface area contributed by atoms with Gasteiger partial charge in [-0.2, -0.15) is 9.97 Å². The first kappa shape index (κ1) is 24.2. The topological polar surface area (TPSA) is 114 Å². The van der Waals surface area contributed by atoms with Crippen molar-refractivity contribution in [2.45, 2.75) is 6.92 Å². The van der Waals surface area contributed by atoms with Gasteiger partial charge in [-0.3, -0.25) is 15.2 Å². The highest BCUT2D eigenvalue weighted by molar-refractivity contribution is 6.00. The van der Waals surface area contributed by atoms with Crippen LogP contribution in [0.25, 0.3) is 10.9 Å². The lowest BCUT2D eigenvalue weighted by Crippen LogP contribution is -2.39. The van der Waals surface area contributed by atoms with Gasteiger partial charge in [-0.05, 0) is 31.2 Å². The monoisotopic (exact) mass is 493 g/mol. The number of ether oxygens (including phenoxy) is 3. The molecule has 190 valence electrons. The molecule has 0 unspecified atom stereocenters. The average Bonchev–Trinajstić information content (AvgIpc) is 2.90. The third kappa shape index (κ3) is 6.36. The van der Waals surface area contributed by atoms with Crippen LogP contribution >= 0.6 is 0 Å². The largest absolute Gasteiger partial charge is 0.476 e. The Hall–Kier alpha value is -3.54. The fourth-order valence-electron chi connectivity index (χ4n) is 4.14. The fourth-order valence-corrected chi connectivity index (χ4v) is 4.14. The molecule has 11 nitrogen and oxygen atoms in total. The van der Waals surface area contributed by atoms with Crippen molar-refractivity contribution < 1.29 is 19.0 Å². The zero-order valence-electron chi connectivity index (χ0n) is 20.4. The lowest BCUT2D eigenvalue weighted by atomic mass is 10.2. The molecule has 2 saturated heterocycles. The second-order valence-corrected chi connectivity index (χ2v) is 8.73. The molecule has 2 aliphatic rings. The first-order valence-electron chi connectivity index (χ1n) is 12.2. The van der Waals surface area contributed by atoms with Gasteiger partial charge in [-0.15, -0.1) is 0 Å². The molecular weight excluding hydrogens is 462 g/mol. The van der Waals surface area contributed by atoms with Gasteiger partial charge in [0.05, 0.1) is 31.9 Å². The number of nitrogens with one attached hydrogen (secondary N) is 2. The third-order valence-electron chi connectivity index (χ3n) is 6.07. The highest BCUT2D eigenvalue weighted by Crippen LogP contribution is 2.22. The summed E-state index contributed by atoms with van der Waals surface area (Å²) in [5, 5.41) is 6.65. The first-order valence-corrected chi connectivity index (χ1v) is 12.2. The van der Waals surface area contributed by atoms with Gasteiger partial charge in [0, 0.05) is 55.6 Å². The lowest BCUT2D eigenvalue weighted by molar-refractivity contribution is 0.0320. The van der Waals surface area contributed by atoms with Gasteiger partial charge in [0.1, 0.15) is 12.4 Å². The summed E-state index contributed by atoms with van der Waals surface area (Å²) in [5.74, 6) is 1.29. The van der Waals surface area contributed by atoms with E-state index < -0.39 is 6.03 Å². The lowest BCUT2D eigenvalue weighted by Gasteiger charge is -2.28. The van der Waals surface area contributed by atoms with Crippen LogP contribution in [0.3, 0.4) is 0 Å². The zero-order valence-corrected chi connectivity index (χ0v) is 20.4. The highest BCUT2D eigenvalue weighted by atomic mass is 16.5. The molecule has 2 aromatic heterocycles. The Morgan fingerprint density at radius 1 is 0.944 bits per heavy atom. The van der Waals surface area contributed by atoms with Crippen LogP contribution in [-0.2, 0) is 9.47 Å². The van der Waals surface area contributed by atoms with Gasteiger partial charge in [0.15, 0.2) is 0 Å². The summed E-state index contributed by atoms with van der Waals surface area (Å²) in [7, 11) is 0. The number of anilines is 3. The van der Waals surface area contributed by atoms with Gasteiger partial charge in [-0.25, -0.2) is 4.79 Å². The average molecular weight is 494 g/mol. The van der Waals surface area contributed by atoms with Gasteiger partial charge in [-0.1, -0.05) is 6.07 Å². The Morgan fingerprint density at radius 2 is 1.72 bits per heavy atom. The fraction of sp³-hybridized carbons (Fsp3) is 0.440. The Balaban J connectivity index is 1.27. The molecule has 0 spiro atoms. The van der Waals surface area contributed by atoms with Crippen molar-refractivity contribution in [3.05, 3.63) is 42.1 Å². The summed E-state index contributed by atoms with van der Waals surface area (Å²) < 4.78 is 16.8. The minimum Gasteiger partial charge on any atom is -0.476 e. The van der Waals surface area contributed by atoms with Crippen LogP contribution in [0.4, 0.5) is 22.2 Å². The van der Waals surface area contributed by atoms with Crippen LogP contribution in [0.1, 0.15) is 5.69 Å². The van der Waals surface area contributed by atoms with E-state index in [1.807, 2.05) is 42.2 Å². The first-order chi connectivity index (χ1) is 17.6. The maximum Gasteiger partial charge on any atom is 0.324 e. The number of pyridine rings is 1. The summed E-state index contributed by atoms with van der Waals surface area (Å²) in [6.07, 6.45) is 0. The van der Waals surface area contributed by atoms with Crippen LogP contribution in [-0.4, -0.2) is 91.6 Å². The van der Waals surface area contributed by atoms with E-state index >= 15 is 0 Å². The number of carbonyl (C=O) groups excluding carboxylic acids is 1. The van der Waals surface area contributed by atoms with Gasteiger partial charge in [0.25, 0.3) is 0 Å². The molecule has 2 fully saturated rings. The molecule has 0 atom stereocenters. The Labute approximate surface area is 209 Å². The summed E-state index contributed by atoms with van der Waals surface area (Å²) >= 11 is 0. The van der Waals surface area contributed by atoms with E-state index in [2.05, 4.69) is 30.5 Å². The molecule has 5 rings (SSSR count). The van der Waals surface area contributed by atoms with Crippen molar-refractivity contribution in [2.75, 3.05) is 81.3 Å². The number of nitrogens with zero attached hydrogens (tertiary/aromatic N) is 5.